The standard InChI is InChI=1S/C15H28N2O3S/c1-2-7-17(14-10-12-3-4-13(11-14)16-12)21(18,19)15-5-8-20-9-6-15/h12-16H,2-11H2,1H3. The van der Waals surface area contributed by atoms with Crippen LogP contribution in [0.5, 0.6) is 0 Å². The van der Waals surface area contributed by atoms with Crippen LogP contribution in [0.2, 0.25) is 0 Å². The van der Waals surface area contributed by atoms with Gasteiger partial charge in [0, 0.05) is 37.9 Å². The first-order chi connectivity index (χ1) is 10.1. The summed E-state index contributed by atoms with van der Waals surface area (Å²) >= 11 is 0. The van der Waals surface area contributed by atoms with Crippen molar-refractivity contribution in [1.82, 2.24) is 9.62 Å². The molecule has 122 valence electrons. The lowest BCUT2D eigenvalue weighted by Gasteiger charge is -2.39. The maximum atomic E-state index is 13.1. The molecule has 0 aromatic carbocycles. The zero-order valence-electron chi connectivity index (χ0n) is 13.0. The van der Waals surface area contributed by atoms with E-state index in [1.54, 1.807) is 0 Å². The largest absolute Gasteiger partial charge is 0.381 e. The van der Waals surface area contributed by atoms with Crippen LogP contribution in [-0.2, 0) is 14.8 Å². The second kappa shape index (κ2) is 6.52. The molecule has 2 unspecified atom stereocenters. The third-order valence-corrected chi connectivity index (χ3v) is 7.66. The molecule has 0 radical (unpaired) electrons. The van der Waals surface area contributed by atoms with Gasteiger partial charge in [0.15, 0.2) is 0 Å². The van der Waals surface area contributed by atoms with Gasteiger partial charge in [0.1, 0.15) is 0 Å². The highest BCUT2D eigenvalue weighted by molar-refractivity contribution is 7.89. The second-order valence-electron chi connectivity index (χ2n) is 6.73. The molecule has 3 aliphatic heterocycles. The minimum Gasteiger partial charge on any atom is -0.381 e. The summed E-state index contributed by atoms with van der Waals surface area (Å²) in [7, 11) is -3.18. The maximum absolute atomic E-state index is 13.1. The van der Waals surface area contributed by atoms with E-state index in [0.29, 0.717) is 44.7 Å². The topological polar surface area (TPSA) is 58.6 Å². The smallest absolute Gasteiger partial charge is 0.217 e. The molecule has 0 aliphatic carbocycles. The van der Waals surface area contributed by atoms with E-state index in [1.807, 2.05) is 4.31 Å². The predicted molar refractivity (Wildman–Crippen MR) is 82.7 cm³/mol. The zero-order chi connectivity index (χ0) is 14.9. The molecular weight excluding hydrogens is 288 g/mol. The summed E-state index contributed by atoms with van der Waals surface area (Å²) in [5, 5.41) is 3.38. The van der Waals surface area contributed by atoms with Gasteiger partial charge in [0.2, 0.25) is 10.0 Å². The van der Waals surface area contributed by atoms with Crippen molar-refractivity contribution in [2.24, 2.45) is 0 Å². The Bertz CT molecular complexity index is 436. The van der Waals surface area contributed by atoms with Crippen molar-refractivity contribution in [2.75, 3.05) is 19.8 Å². The highest BCUT2D eigenvalue weighted by Gasteiger charge is 2.42. The van der Waals surface area contributed by atoms with E-state index in [2.05, 4.69) is 12.2 Å². The molecule has 3 rings (SSSR count). The Labute approximate surface area is 128 Å². The molecule has 3 fully saturated rings. The number of fused-ring (bicyclic) bond motifs is 2. The van der Waals surface area contributed by atoms with E-state index in [0.717, 1.165) is 19.3 Å². The summed E-state index contributed by atoms with van der Waals surface area (Å²) < 4.78 is 33.3. The first-order valence-electron chi connectivity index (χ1n) is 8.45. The third kappa shape index (κ3) is 3.28. The van der Waals surface area contributed by atoms with Crippen LogP contribution in [-0.4, -0.2) is 55.9 Å². The van der Waals surface area contributed by atoms with Crippen molar-refractivity contribution in [3.05, 3.63) is 0 Å². The fourth-order valence-corrected chi connectivity index (χ4v) is 6.36. The predicted octanol–water partition coefficient (Wildman–Crippen LogP) is 1.49. The SMILES string of the molecule is CCCN(C1CC2CCC(C1)N2)S(=O)(=O)C1CCOCC1. The van der Waals surface area contributed by atoms with E-state index >= 15 is 0 Å². The van der Waals surface area contributed by atoms with Gasteiger partial charge in [-0.05, 0) is 44.9 Å². The molecule has 0 aromatic heterocycles. The molecule has 21 heavy (non-hydrogen) atoms. The molecule has 1 N–H and O–H groups in total. The van der Waals surface area contributed by atoms with E-state index in [-0.39, 0.29) is 11.3 Å². The van der Waals surface area contributed by atoms with E-state index in [1.165, 1.54) is 12.8 Å². The number of rotatable bonds is 5. The van der Waals surface area contributed by atoms with Crippen LogP contribution in [0.4, 0.5) is 0 Å². The molecule has 0 saturated carbocycles. The van der Waals surface area contributed by atoms with Gasteiger partial charge in [0.05, 0.1) is 5.25 Å². The fraction of sp³-hybridized carbons (Fsp3) is 1.00. The average Bonchev–Trinajstić information content (AvgIpc) is 2.84. The first kappa shape index (κ1) is 15.7. The van der Waals surface area contributed by atoms with Crippen LogP contribution in [0.25, 0.3) is 0 Å². The highest BCUT2D eigenvalue weighted by Crippen LogP contribution is 2.33. The first-order valence-corrected chi connectivity index (χ1v) is 9.96. The number of sulfonamides is 1. The van der Waals surface area contributed by atoms with Gasteiger partial charge in [-0.3, -0.25) is 0 Å². The van der Waals surface area contributed by atoms with Gasteiger partial charge in [-0.1, -0.05) is 6.92 Å². The number of nitrogens with one attached hydrogen (secondary N) is 1. The van der Waals surface area contributed by atoms with Crippen LogP contribution in [0.15, 0.2) is 0 Å². The lowest BCUT2D eigenvalue weighted by atomic mass is 10.00. The van der Waals surface area contributed by atoms with Crippen molar-refractivity contribution in [2.45, 2.75) is 75.2 Å². The van der Waals surface area contributed by atoms with Crippen molar-refractivity contribution in [3.8, 4) is 0 Å². The van der Waals surface area contributed by atoms with Gasteiger partial charge < -0.3 is 10.1 Å². The molecule has 0 amide bonds. The molecule has 0 spiro atoms. The summed E-state index contributed by atoms with van der Waals surface area (Å²) in [5.74, 6) is 0. The molecule has 0 aromatic rings. The quantitative estimate of drug-likeness (QED) is 0.835. The van der Waals surface area contributed by atoms with Crippen molar-refractivity contribution in [1.29, 1.82) is 0 Å². The summed E-state index contributed by atoms with van der Waals surface area (Å²) in [6, 6.07) is 1.26. The van der Waals surface area contributed by atoms with Crippen LogP contribution >= 0.6 is 0 Å². The molecule has 3 saturated heterocycles. The Hall–Kier alpha value is -0.170. The zero-order valence-corrected chi connectivity index (χ0v) is 13.8. The van der Waals surface area contributed by atoms with Crippen molar-refractivity contribution < 1.29 is 13.2 Å². The Morgan fingerprint density at radius 1 is 1.10 bits per heavy atom. The van der Waals surface area contributed by atoms with Gasteiger partial charge in [-0.25, -0.2) is 8.42 Å². The monoisotopic (exact) mass is 316 g/mol. The lowest BCUT2D eigenvalue weighted by Crippen LogP contribution is -2.53. The second-order valence-corrected chi connectivity index (χ2v) is 8.90. The third-order valence-electron chi connectivity index (χ3n) is 5.22. The minimum atomic E-state index is -3.18. The average molecular weight is 316 g/mol. The number of piperidine rings is 1. The molecule has 3 aliphatic rings. The molecular formula is C15H28N2O3S. The molecule has 6 heteroatoms. The van der Waals surface area contributed by atoms with Gasteiger partial charge in [-0.2, -0.15) is 4.31 Å². The molecule has 2 atom stereocenters. The summed E-state index contributed by atoms with van der Waals surface area (Å²) in [6.07, 6.45) is 6.58. The van der Waals surface area contributed by atoms with Gasteiger partial charge >= 0.3 is 0 Å². The normalized spacial score (nSPS) is 34.5. The van der Waals surface area contributed by atoms with Crippen LogP contribution in [0, 0.1) is 0 Å². The van der Waals surface area contributed by atoms with Crippen molar-refractivity contribution in [3.63, 3.8) is 0 Å². The Kier molecular flexibility index (Phi) is 4.88. The minimum absolute atomic E-state index is 0.205. The van der Waals surface area contributed by atoms with Gasteiger partial charge in [-0.15, -0.1) is 0 Å². The number of hydrogen-bond donors (Lipinski definition) is 1. The molecule has 2 bridgehead atoms. The molecule has 5 nitrogen and oxygen atoms in total. The fourth-order valence-electron chi connectivity index (χ4n) is 4.17. The number of hydrogen-bond acceptors (Lipinski definition) is 4. The van der Waals surface area contributed by atoms with E-state index < -0.39 is 10.0 Å². The molecule has 3 heterocycles. The Morgan fingerprint density at radius 2 is 1.71 bits per heavy atom. The van der Waals surface area contributed by atoms with Gasteiger partial charge in [0.25, 0.3) is 0 Å². The van der Waals surface area contributed by atoms with Crippen LogP contribution < -0.4 is 5.32 Å². The maximum Gasteiger partial charge on any atom is 0.217 e. The lowest BCUT2D eigenvalue weighted by molar-refractivity contribution is 0.0962. The Morgan fingerprint density at radius 3 is 2.29 bits per heavy atom. The van der Waals surface area contributed by atoms with E-state index in [4.69, 9.17) is 4.74 Å². The van der Waals surface area contributed by atoms with Crippen LogP contribution in [0.3, 0.4) is 0 Å². The number of ether oxygens (including phenoxy) is 1. The summed E-state index contributed by atoms with van der Waals surface area (Å²) in [5.41, 5.74) is 0. The summed E-state index contributed by atoms with van der Waals surface area (Å²) in [6.45, 7) is 3.91. The number of nitrogens with zero attached hydrogens (tertiary/aromatic N) is 1. The summed E-state index contributed by atoms with van der Waals surface area (Å²) in [4.78, 5) is 0. The Balaban J connectivity index is 1.76. The highest BCUT2D eigenvalue weighted by atomic mass is 32.2. The van der Waals surface area contributed by atoms with Crippen molar-refractivity contribution >= 4 is 10.0 Å². The van der Waals surface area contributed by atoms with Crippen LogP contribution in [0.1, 0.15) is 51.9 Å². The van der Waals surface area contributed by atoms with E-state index in [9.17, 15) is 8.42 Å².